The van der Waals surface area contributed by atoms with Crippen molar-refractivity contribution in [3.63, 3.8) is 0 Å². The zero-order valence-electron chi connectivity index (χ0n) is 17.1. The Morgan fingerprint density at radius 2 is 2.28 bits per heavy atom. The fraction of sp³-hybridized carbons (Fsp3) is 0.478. The van der Waals surface area contributed by atoms with Crippen LogP contribution in [0, 0.1) is 11.8 Å². The molecule has 3 fully saturated rings. The number of carbonyl (C=O) groups excluding carboxylic acids is 1. The number of hydrogen-bond acceptors (Lipinski definition) is 5. The number of nitrogens with one attached hydrogen (secondary N) is 1. The molecule has 3 aliphatic heterocycles. The third-order valence-electron chi connectivity index (χ3n) is 6.46. The summed E-state index contributed by atoms with van der Waals surface area (Å²) in [6.07, 6.45) is 5.06. The Hall–Kier alpha value is -2.60. The summed E-state index contributed by atoms with van der Waals surface area (Å²) >= 11 is 0. The summed E-state index contributed by atoms with van der Waals surface area (Å²) in [5, 5.41) is 0.948. The molecule has 0 amide bonds. The molecule has 6 nitrogen and oxygen atoms in total. The van der Waals surface area contributed by atoms with Gasteiger partial charge in [-0.1, -0.05) is 6.08 Å². The van der Waals surface area contributed by atoms with Gasteiger partial charge >= 0.3 is 6.16 Å². The number of piperidine rings is 3. The van der Waals surface area contributed by atoms with Crippen molar-refractivity contribution in [3.8, 4) is 5.75 Å². The van der Waals surface area contributed by atoms with Crippen molar-refractivity contribution < 1.29 is 23.9 Å². The number of ether oxygens (including phenoxy) is 3. The number of pyridine rings is 1. The van der Waals surface area contributed by atoms with Crippen LogP contribution in [0.15, 0.2) is 43.1 Å². The molecular formula is C23H29N2O4+. The van der Waals surface area contributed by atoms with Gasteiger partial charge in [0.2, 0.25) is 0 Å². The Labute approximate surface area is 171 Å². The summed E-state index contributed by atoms with van der Waals surface area (Å²) in [7, 11) is 1.65. The van der Waals surface area contributed by atoms with Gasteiger partial charge in [0.1, 0.15) is 11.8 Å². The molecule has 1 unspecified atom stereocenters. The first-order valence-corrected chi connectivity index (χ1v) is 10.4. The minimum absolute atomic E-state index is 0.186. The van der Waals surface area contributed by atoms with Crippen LogP contribution < -0.4 is 9.64 Å². The molecule has 0 radical (unpaired) electrons. The first-order chi connectivity index (χ1) is 14.1. The third kappa shape index (κ3) is 3.81. The molecule has 6 heteroatoms. The summed E-state index contributed by atoms with van der Waals surface area (Å²) in [4.78, 5) is 18.3. The molecule has 2 aromatic rings. The number of rotatable bonds is 6. The molecule has 0 aliphatic carbocycles. The SMILES string of the molecule is C=C[C@H]1C[NH+]2CC[C@H]1C[C@@H]2[C@H](OC(=O)OCC)c1ccnc2ccc(OC)cc12. The minimum Gasteiger partial charge on any atom is -0.497 e. The molecule has 5 atom stereocenters. The summed E-state index contributed by atoms with van der Waals surface area (Å²) in [6, 6.07) is 7.95. The van der Waals surface area contributed by atoms with E-state index >= 15 is 0 Å². The molecule has 2 bridgehead atoms. The number of quaternary nitrogens is 1. The molecule has 1 aromatic carbocycles. The molecule has 3 saturated heterocycles. The average Bonchev–Trinajstić information content (AvgIpc) is 2.77. The van der Waals surface area contributed by atoms with E-state index in [9.17, 15) is 4.79 Å². The lowest BCUT2D eigenvalue weighted by atomic mass is 9.73. The Balaban J connectivity index is 1.75. The third-order valence-corrected chi connectivity index (χ3v) is 6.46. The van der Waals surface area contributed by atoms with Gasteiger partial charge in [0.15, 0.2) is 6.10 Å². The fourth-order valence-corrected chi connectivity index (χ4v) is 5.03. The van der Waals surface area contributed by atoms with Crippen molar-refractivity contribution >= 4 is 17.1 Å². The van der Waals surface area contributed by atoms with Crippen LogP contribution in [0.25, 0.3) is 10.9 Å². The van der Waals surface area contributed by atoms with Crippen LogP contribution in [0.5, 0.6) is 5.75 Å². The number of hydrogen-bond donors (Lipinski definition) is 1. The van der Waals surface area contributed by atoms with Gasteiger partial charge in [-0.05, 0) is 37.1 Å². The second kappa shape index (κ2) is 8.41. The van der Waals surface area contributed by atoms with E-state index in [1.165, 1.54) is 11.3 Å². The van der Waals surface area contributed by atoms with E-state index in [-0.39, 0.29) is 6.04 Å². The number of methoxy groups -OCH3 is 1. The molecule has 3 aliphatic rings. The highest BCUT2D eigenvalue weighted by molar-refractivity contribution is 5.84. The van der Waals surface area contributed by atoms with Crippen molar-refractivity contribution in [2.24, 2.45) is 11.8 Å². The number of aromatic nitrogens is 1. The van der Waals surface area contributed by atoms with E-state index in [1.54, 1.807) is 20.2 Å². The van der Waals surface area contributed by atoms with E-state index in [4.69, 9.17) is 14.2 Å². The zero-order chi connectivity index (χ0) is 20.4. The Kier molecular flexibility index (Phi) is 5.72. The summed E-state index contributed by atoms with van der Waals surface area (Å²) in [6.45, 7) is 8.23. The minimum atomic E-state index is -0.618. The molecular weight excluding hydrogens is 368 g/mol. The van der Waals surface area contributed by atoms with E-state index in [0.29, 0.717) is 18.4 Å². The summed E-state index contributed by atoms with van der Waals surface area (Å²) in [5.41, 5.74) is 1.82. The monoisotopic (exact) mass is 397 g/mol. The second-order valence-electron chi connectivity index (χ2n) is 7.91. The van der Waals surface area contributed by atoms with Gasteiger partial charge in [-0.2, -0.15) is 0 Å². The molecule has 29 heavy (non-hydrogen) atoms. The van der Waals surface area contributed by atoms with Crippen LogP contribution in [0.4, 0.5) is 4.79 Å². The van der Waals surface area contributed by atoms with Gasteiger partial charge in [0.05, 0.1) is 32.3 Å². The van der Waals surface area contributed by atoms with Crippen molar-refractivity contribution in [2.45, 2.75) is 31.9 Å². The molecule has 5 rings (SSSR count). The smallest absolute Gasteiger partial charge is 0.497 e. The fourth-order valence-electron chi connectivity index (χ4n) is 5.03. The lowest BCUT2D eigenvalue weighted by Crippen LogP contribution is -3.20. The van der Waals surface area contributed by atoms with Gasteiger partial charge in [-0.25, -0.2) is 4.79 Å². The molecule has 0 spiro atoms. The first-order valence-electron chi connectivity index (χ1n) is 10.4. The van der Waals surface area contributed by atoms with Gasteiger partial charge in [-0.15, -0.1) is 6.58 Å². The Morgan fingerprint density at radius 1 is 1.41 bits per heavy atom. The maximum atomic E-state index is 12.3. The molecule has 1 N–H and O–H groups in total. The van der Waals surface area contributed by atoms with Crippen LogP contribution in [0.3, 0.4) is 0 Å². The quantitative estimate of drug-likeness (QED) is 0.600. The number of fused-ring (bicyclic) bond motifs is 4. The predicted molar refractivity (Wildman–Crippen MR) is 110 cm³/mol. The van der Waals surface area contributed by atoms with Crippen molar-refractivity contribution in [2.75, 3.05) is 26.8 Å². The number of benzene rings is 1. The van der Waals surface area contributed by atoms with Crippen molar-refractivity contribution in [1.82, 2.24) is 4.98 Å². The Bertz CT molecular complexity index is 900. The maximum absolute atomic E-state index is 12.3. The van der Waals surface area contributed by atoms with Crippen molar-refractivity contribution in [1.29, 1.82) is 0 Å². The zero-order valence-corrected chi connectivity index (χ0v) is 17.1. The number of carbonyl (C=O) groups is 1. The highest BCUT2D eigenvalue weighted by Gasteiger charge is 2.47. The number of nitrogens with zero attached hydrogens (tertiary/aromatic N) is 1. The van der Waals surface area contributed by atoms with Gasteiger partial charge in [0.25, 0.3) is 0 Å². The highest BCUT2D eigenvalue weighted by atomic mass is 16.7. The van der Waals surface area contributed by atoms with E-state index in [2.05, 4.69) is 17.6 Å². The van der Waals surface area contributed by atoms with Crippen LogP contribution in [0.2, 0.25) is 0 Å². The molecule has 1 aromatic heterocycles. The lowest BCUT2D eigenvalue weighted by molar-refractivity contribution is -0.949. The lowest BCUT2D eigenvalue weighted by Gasteiger charge is -2.48. The van der Waals surface area contributed by atoms with Crippen molar-refractivity contribution in [3.05, 3.63) is 48.7 Å². The van der Waals surface area contributed by atoms with Crippen LogP contribution in [-0.2, 0) is 9.47 Å². The topological polar surface area (TPSA) is 62.1 Å². The molecule has 4 heterocycles. The van der Waals surface area contributed by atoms with Crippen LogP contribution in [0.1, 0.15) is 31.4 Å². The van der Waals surface area contributed by atoms with Crippen LogP contribution in [-0.4, -0.2) is 44.0 Å². The molecule has 154 valence electrons. The molecule has 0 saturated carbocycles. The highest BCUT2D eigenvalue weighted by Crippen LogP contribution is 2.36. The first kappa shape index (κ1) is 19.7. The van der Waals surface area contributed by atoms with Gasteiger partial charge < -0.3 is 19.1 Å². The Morgan fingerprint density at radius 3 is 2.97 bits per heavy atom. The maximum Gasteiger partial charge on any atom is 0.509 e. The average molecular weight is 397 g/mol. The van der Waals surface area contributed by atoms with E-state index in [0.717, 1.165) is 41.7 Å². The van der Waals surface area contributed by atoms with Crippen LogP contribution >= 0.6 is 0 Å². The van der Waals surface area contributed by atoms with E-state index < -0.39 is 12.3 Å². The predicted octanol–water partition coefficient (Wildman–Crippen LogP) is 2.94. The van der Waals surface area contributed by atoms with Gasteiger partial charge in [-0.3, -0.25) is 4.98 Å². The second-order valence-corrected chi connectivity index (χ2v) is 7.91. The summed E-state index contributed by atoms with van der Waals surface area (Å²) < 4.78 is 16.5. The van der Waals surface area contributed by atoms with Gasteiger partial charge in [0, 0.05) is 35.9 Å². The summed E-state index contributed by atoms with van der Waals surface area (Å²) in [5.74, 6) is 1.88. The largest absolute Gasteiger partial charge is 0.509 e. The normalized spacial score (nSPS) is 26.7. The standard InChI is InChI=1S/C23H28N2O4/c1-4-15-14-25-11-9-16(15)12-21(25)22(29-23(26)28-5-2)18-8-10-24-20-7-6-17(27-3)13-19(18)20/h4,6-8,10,13,15-16,21-22H,1,5,9,11-12,14H2,2-3H3/p+1/t15-,16-,21+,22+/m0/s1. The van der Waals surface area contributed by atoms with E-state index in [1.807, 2.05) is 24.3 Å².